The number of sulfonamides is 2. The fourth-order valence-electron chi connectivity index (χ4n) is 4.68. The molecule has 0 aromatic rings. The maximum atomic E-state index is 11.3. The van der Waals surface area contributed by atoms with Crippen molar-refractivity contribution in [2.45, 2.75) is 111 Å². The van der Waals surface area contributed by atoms with Gasteiger partial charge in [0.05, 0.1) is 11.5 Å². The molecule has 0 heterocycles. The average molecular weight is 499 g/mol. The van der Waals surface area contributed by atoms with Crippen LogP contribution in [0, 0.1) is 10.8 Å². The summed E-state index contributed by atoms with van der Waals surface area (Å²) in [4.78, 5) is 0. The van der Waals surface area contributed by atoms with Crippen LogP contribution < -0.4 is 10.3 Å². The number of primary sulfonamides is 2. The predicted octanol–water partition coefficient (Wildman–Crippen LogP) is 4.70. The van der Waals surface area contributed by atoms with Crippen LogP contribution in [0.15, 0.2) is 0 Å². The van der Waals surface area contributed by atoms with Gasteiger partial charge >= 0.3 is 0 Å². The van der Waals surface area contributed by atoms with Gasteiger partial charge < -0.3 is 4.74 Å². The normalized spacial score (nSPS) is 13.6. The Labute approximate surface area is 198 Å². The summed E-state index contributed by atoms with van der Waals surface area (Å²) in [6.07, 6.45) is 12.4. The molecule has 0 amide bonds. The summed E-state index contributed by atoms with van der Waals surface area (Å²) in [6.45, 7) is 10.1. The maximum absolute atomic E-state index is 11.3. The number of hydrogen-bond donors (Lipinski definition) is 2. The number of rotatable bonds is 21. The van der Waals surface area contributed by atoms with Gasteiger partial charge in [-0.3, -0.25) is 0 Å². The fraction of sp³-hybridized carbons (Fsp3) is 1.00. The van der Waals surface area contributed by atoms with Crippen LogP contribution in [0.5, 0.6) is 0 Å². The molecule has 0 aliphatic heterocycles. The van der Waals surface area contributed by atoms with Crippen LogP contribution in [0.2, 0.25) is 0 Å². The lowest BCUT2D eigenvalue weighted by atomic mass is 9.74. The summed E-state index contributed by atoms with van der Waals surface area (Å²) in [7, 11) is -6.79. The summed E-state index contributed by atoms with van der Waals surface area (Å²) in [5, 5.41) is 10.3. The third-order valence-electron chi connectivity index (χ3n) is 7.54. The summed E-state index contributed by atoms with van der Waals surface area (Å²) >= 11 is 0. The molecule has 0 unspecified atom stereocenters. The van der Waals surface area contributed by atoms with Gasteiger partial charge in [0.15, 0.2) is 0 Å². The minimum Gasteiger partial charge on any atom is -0.381 e. The van der Waals surface area contributed by atoms with Crippen LogP contribution in [0.1, 0.15) is 111 Å². The number of ether oxygens (including phenoxy) is 1. The Bertz CT molecular complexity index is 685. The molecule has 0 aromatic carbocycles. The Morgan fingerprint density at radius 3 is 1.31 bits per heavy atom. The highest BCUT2D eigenvalue weighted by Crippen LogP contribution is 2.38. The molecular formula is C23H50N2O5S2. The van der Waals surface area contributed by atoms with Crippen molar-refractivity contribution in [1.82, 2.24) is 0 Å². The van der Waals surface area contributed by atoms with Crippen LogP contribution in [0.25, 0.3) is 0 Å². The highest BCUT2D eigenvalue weighted by Gasteiger charge is 2.27. The lowest BCUT2D eigenvalue weighted by molar-refractivity contribution is 0.114. The smallest absolute Gasteiger partial charge is 0.209 e. The van der Waals surface area contributed by atoms with Gasteiger partial charge in [-0.15, -0.1) is 0 Å². The summed E-state index contributed by atoms with van der Waals surface area (Å²) < 4.78 is 50.9. The molecule has 0 aliphatic carbocycles. The Hall–Kier alpha value is -0.220. The Morgan fingerprint density at radius 1 is 0.562 bits per heavy atom. The first-order valence-corrected chi connectivity index (χ1v) is 15.9. The van der Waals surface area contributed by atoms with Crippen molar-refractivity contribution in [3.05, 3.63) is 0 Å². The van der Waals surface area contributed by atoms with E-state index in [4.69, 9.17) is 15.0 Å². The largest absolute Gasteiger partial charge is 0.381 e. The first-order valence-electron chi connectivity index (χ1n) is 12.4. The SMILES string of the molecule is CCC(CC)(CCCCOCCCCC(CC)(CC)CCS(N)(=O)=O)CCCS(N)(=O)=O. The van der Waals surface area contributed by atoms with Crippen LogP contribution in [-0.2, 0) is 24.8 Å². The van der Waals surface area contributed by atoms with Crippen molar-refractivity contribution in [2.24, 2.45) is 21.1 Å². The molecule has 0 rings (SSSR count). The van der Waals surface area contributed by atoms with Crippen LogP contribution in [0.4, 0.5) is 0 Å². The second kappa shape index (κ2) is 15.6. The van der Waals surface area contributed by atoms with E-state index < -0.39 is 20.0 Å². The fourth-order valence-corrected chi connectivity index (χ4v) is 5.95. The molecular weight excluding hydrogens is 448 g/mol. The highest BCUT2D eigenvalue weighted by atomic mass is 32.2. The Morgan fingerprint density at radius 2 is 0.938 bits per heavy atom. The molecule has 0 spiro atoms. The van der Waals surface area contributed by atoms with Crippen molar-refractivity contribution >= 4 is 20.0 Å². The van der Waals surface area contributed by atoms with Crippen LogP contribution in [-0.4, -0.2) is 41.6 Å². The quantitative estimate of drug-likeness (QED) is 0.221. The second-order valence-electron chi connectivity index (χ2n) is 9.53. The van der Waals surface area contributed by atoms with E-state index in [2.05, 4.69) is 27.7 Å². The van der Waals surface area contributed by atoms with E-state index in [0.29, 0.717) is 12.8 Å². The van der Waals surface area contributed by atoms with E-state index in [1.54, 1.807) is 0 Å². The minimum atomic E-state index is -3.41. The predicted molar refractivity (Wildman–Crippen MR) is 134 cm³/mol. The zero-order valence-electron chi connectivity index (χ0n) is 21.0. The molecule has 4 N–H and O–H groups in total. The molecule has 32 heavy (non-hydrogen) atoms. The van der Waals surface area contributed by atoms with Gasteiger partial charge in [0.2, 0.25) is 20.0 Å². The van der Waals surface area contributed by atoms with Gasteiger partial charge in [0.1, 0.15) is 0 Å². The van der Waals surface area contributed by atoms with Gasteiger partial charge in [-0.1, -0.05) is 66.2 Å². The first kappa shape index (κ1) is 31.8. The molecule has 0 saturated carbocycles. The molecule has 0 aromatic heterocycles. The number of nitrogens with two attached hydrogens (primary N) is 2. The van der Waals surface area contributed by atoms with Crippen molar-refractivity contribution in [1.29, 1.82) is 0 Å². The molecule has 0 aliphatic rings. The topological polar surface area (TPSA) is 130 Å². The number of hydrogen-bond acceptors (Lipinski definition) is 5. The summed E-state index contributed by atoms with van der Waals surface area (Å²) in [5.74, 6) is 0.126. The van der Waals surface area contributed by atoms with E-state index in [-0.39, 0.29) is 22.3 Å². The maximum Gasteiger partial charge on any atom is 0.209 e. The van der Waals surface area contributed by atoms with E-state index in [9.17, 15) is 16.8 Å². The third-order valence-corrected chi connectivity index (χ3v) is 9.18. The van der Waals surface area contributed by atoms with Gasteiger partial charge in [-0.05, 0) is 55.8 Å². The highest BCUT2D eigenvalue weighted by molar-refractivity contribution is 7.89. The lowest BCUT2D eigenvalue weighted by Gasteiger charge is -2.32. The molecule has 0 bridgehead atoms. The summed E-state index contributed by atoms with van der Waals surface area (Å²) in [6, 6.07) is 0. The van der Waals surface area contributed by atoms with Crippen molar-refractivity contribution in [3.63, 3.8) is 0 Å². The van der Waals surface area contributed by atoms with E-state index in [1.165, 1.54) is 0 Å². The van der Waals surface area contributed by atoms with Crippen molar-refractivity contribution < 1.29 is 21.6 Å². The minimum absolute atomic E-state index is 0.0549. The lowest BCUT2D eigenvalue weighted by Crippen LogP contribution is -2.26. The molecule has 9 heteroatoms. The second-order valence-corrected chi connectivity index (χ2v) is 13.0. The van der Waals surface area contributed by atoms with Crippen LogP contribution in [0.3, 0.4) is 0 Å². The molecule has 0 saturated heterocycles. The molecule has 7 nitrogen and oxygen atoms in total. The van der Waals surface area contributed by atoms with Gasteiger partial charge in [-0.2, -0.15) is 0 Å². The standard InChI is InChI=1S/C23H50N2O5S2/c1-5-22(6-2,16-13-20-31(24,26)27)14-9-11-18-30-19-12-10-15-23(7-3,8-4)17-21-32(25,28)29/h5-21H2,1-4H3,(H2,24,26,27)(H2,25,28,29). The molecule has 0 fully saturated rings. The Kier molecular flexibility index (Phi) is 15.5. The Balaban J connectivity index is 4.12. The van der Waals surface area contributed by atoms with Crippen LogP contribution >= 0.6 is 0 Å². The van der Waals surface area contributed by atoms with Crippen molar-refractivity contribution in [2.75, 3.05) is 24.7 Å². The van der Waals surface area contributed by atoms with Gasteiger partial charge in [0, 0.05) is 13.2 Å². The van der Waals surface area contributed by atoms with Crippen molar-refractivity contribution in [3.8, 4) is 0 Å². The zero-order valence-corrected chi connectivity index (χ0v) is 22.7. The average Bonchev–Trinajstić information content (AvgIpc) is 2.72. The monoisotopic (exact) mass is 498 g/mol. The van der Waals surface area contributed by atoms with Gasteiger partial charge in [-0.25, -0.2) is 27.1 Å². The summed E-state index contributed by atoms with van der Waals surface area (Å²) in [5.41, 5.74) is 0.255. The molecule has 0 atom stereocenters. The first-order chi connectivity index (χ1) is 14.9. The number of unbranched alkanes of at least 4 members (excludes halogenated alkanes) is 2. The van der Waals surface area contributed by atoms with E-state index >= 15 is 0 Å². The van der Waals surface area contributed by atoms with E-state index in [1.807, 2.05) is 0 Å². The zero-order chi connectivity index (χ0) is 24.7. The van der Waals surface area contributed by atoms with Gasteiger partial charge in [0.25, 0.3) is 0 Å². The molecule has 0 radical (unpaired) electrons. The third kappa shape index (κ3) is 14.8. The van der Waals surface area contributed by atoms with E-state index in [0.717, 1.165) is 83.8 Å². The molecule has 194 valence electrons.